The van der Waals surface area contributed by atoms with Gasteiger partial charge in [-0.1, -0.05) is 18.2 Å². The zero-order valence-electron chi connectivity index (χ0n) is 13.3. The van der Waals surface area contributed by atoms with Crippen LogP contribution in [0.4, 0.5) is 5.69 Å². The fourth-order valence-corrected chi connectivity index (χ4v) is 2.81. The molecule has 118 valence electrons. The number of fused-ring (bicyclic) bond motifs is 1. The van der Waals surface area contributed by atoms with Crippen molar-refractivity contribution in [1.29, 1.82) is 0 Å². The molecule has 1 aliphatic heterocycles. The number of nitrogens with zero attached hydrogens (tertiary/aromatic N) is 1. The highest BCUT2D eigenvalue weighted by molar-refractivity contribution is 5.98. The quantitative estimate of drug-likeness (QED) is 0.815. The third-order valence-corrected chi connectivity index (χ3v) is 4.07. The van der Waals surface area contributed by atoms with Crippen LogP contribution >= 0.6 is 0 Å². The first kappa shape index (κ1) is 15.3. The van der Waals surface area contributed by atoms with Crippen molar-refractivity contribution in [2.24, 2.45) is 0 Å². The zero-order valence-corrected chi connectivity index (χ0v) is 13.3. The maximum Gasteiger partial charge on any atom is 0.267 e. The van der Waals surface area contributed by atoms with Crippen molar-refractivity contribution in [3.8, 4) is 5.75 Å². The number of para-hydroxylation sites is 1. The Morgan fingerprint density at radius 2 is 1.78 bits per heavy atom. The van der Waals surface area contributed by atoms with Crippen molar-refractivity contribution < 1.29 is 14.3 Å². The van der Waals surface area contributed by atoms with Gasteiger partial charge in [0.05, 0.1) is 0 Å². The zero-order chi connectivity index (χ0) is 16.4. The largest absolute Gasteiger partial charge is 0.481 e. The highest BCUT2D eigenvalue weighted by atomic mass is 16.5. The minimum atomic E-state index is -0.579. The molecule has 0 saturated heterocycles. The number of carbonyl (C=O) groups excluding carboxylic acids is 2. The molecule has 0 unspecified atom stereocenters. The lowest BCUT2D eigenvalue weighted by Crippen LogP contribution is -2.39. The first-order valence-corrected chi connectivity index (χ1v) is 7.73. The second-order valence-corrected chi connectivity index (χ2v) is 5.71. The molecule has 4 heteroatoms. The van der Waals surface area contributed by atoms with Gasteiger partial charge in [-0.2, -0.15) is 0 Å². The Morgan fingerprint density at radius 3 is 2.48 bits per heavy atom. The summed E-state index contributed by atoms with van der Waals surface area (Å²) in [6.45, 7) is 3.96. The standard InChI is InChI=1S/C19H19NO3/c1-13(21)15-7-9-17(10-8-15)23-14(2)19(22)20-12-11-16-5-3-4-6-18(16)20/h3-10,14H,11-12H2,1-2H3/t14-/m1/s1. The van der Waals surface area contributed by atoms with E-state index in [1.165, 1.54) is 12.5 Å². The summed E-state index contributed by atoms with van der Waals surface area (Å²) in [6.07, 6.45) is 0.298. The maximum absolute atomic E-state index is 12.6. The van der Waals surface area contributed by atoms with E-state index in [0.717, 1.165) is 12.1 Å². The molecule has 1 atom stereocenters. The third-order valence-electron chi connectivity index (χ3n) is 4.07. The molecule has 0 fully saturated rings. The van der Waals surface area contributed by atoms with Gasteiger partial charge in [0.15, 0.2) is 11.9 Å². The number of ketones is 1. The molecule has 1 amide bonds. The number of amides is 1. The summed E-state index contributed by atoms with van der Waals surface area (Å²) in [5, 5.41) is 0. The number of anilines is 1. The molecule has 3 rings (SSSR count). The molecule has 0 aliphatic carbocycles. The number of hydrogen-bond donors (Lipinski definition) is 0. The van der Waals surface area contributed by atoms with Gasteiger partial charge in [0.1, 0.15) is 5.75 Å². The molecule has 0 bridgehead atoms. The van der Waals surface area contributed by atoms with Crippen molar-refractivity contribution in [1.82, 2.24) is 0 Å². The topological polar surface area (TPSA) is 46.6 Å². The van der Waals surface area contributed by atoms with Gasteiger partial charge in [0.2, 0.25) is 0 Å². The average molecular weight is 309 g/mol. The lowest BCUT2D eigenvalue weighted by atomic mass is 10.1. The number of Topliss-reactive ketones (excluding diaryl/α,β-unsaturated/α-hetero) is 1. The molecule has 2 aromatic rings. The van der Waals surface area contributed by atoms with Crippen LogP contribution in [0.15, 0.2) is 48.5 Å². The van der Waals surface area contributed by atoms with Crippen molar-refractivity contribution in [2.75, 3.05) is 11.4 Å². The molecular weight excluding hydrogens is 290 g/mol. The molecular formula is C19H19NO3. The smallest absolute Gasteiger partial charge is 0.267 e. The number of rotatable bonds is 4. The van der Waals surface area contributed by atoms with Gasteiger partial charge < -0.3 is 9.64 Å². The summed E-state index contributed by atoms with van der Waals surface area (Å²) < 4.78 is 5.74. The molecule has 1 aliphatic rings. The Hall–Kier alpha value is -2.62. The van der Waals surface area contributed by atoms with E-state index in [1.807, 2.05) is 18.2 Å². The fourth-order valence-electron chi connectivity index (χ4n) is 2.81. The van der Waals surface area contributed by atoms with Gasteiger partial charge >= 0.3 is 0 Å². The summed E-state index contributed by atoms with van der Waals surface area (Å²) in [4.78, 5) is 25.7. The van der Waals surface area contributed by atoms with Gasteiger partial charge in [-0.05, 0) is 56.2 Å². The SMILES string of the molecule is CC(=O)c1ccc(O[C@H](C)C(=O)N2CCc3ccccc32)cc1. The van der Waals surface area contributed by atoms with Gasteiger partial charge in [-0.25, -0.2) is 0 Å². The van der Waals surface area contributed by atoms with Gasteiger partial charge in [0, 0.05) is 17.8 Å². The van der Waals surface area contributed by atoms with Crippen LogP contribution in [0.1, 0.15) is 29.8 Å². The average Bonchev–Trinajstić information content (AvgIpc) is 2.98. The van der Waals surface area contributed by atoms with Gasteiger partial charge in [-0.15, -0.1) is 0 Å². The second kappa shape index (κ2) is 6.24. The Labute approximate surface area is 135 Å². The predicted octanol–water partition coefficient (Wildman–Crippen LogP) is 3.25. The minimum Gasteiger partial charge on any atom is -0.481 e. The molecule has 2 aromatic carbocycles. The molecule has 23 heavy (non-hydrogen) atoms. The molecule has 0 saturated carbocycles. The summed E-state index contributed by atoms with van der Waals surface area (Å²) in [6, 6.07) is 14.8. The van der Waals surface area contributed by atoms with Gasteiger partial charge in [0.25, 0.3) is 5.91 Å². The molecule has 4 nitrogen and oxygen atoms in total. The highest BCUT2D eigenvalue weighted by Crippen LogP contribution is 2.28. The number of ether oxygens (including phenoxy) is 1. The first-order valence-electron chi connectivity index (χ1n) is 7.73. The van der Waals surface area contributed by atoms with Crippen molar-refractivity contribution in [3.05, 3.63) is 59.7 Å². The number of carbonyl (C=O) groups is 2. The maximum atomic E-state index is 12.6. The predicted molar refractivity (Wildman–Crippen MR) is 89.0 cm³/mol. The van der Waals surface area contributed by atoms with E-state index < -0.39 is 6.10 Å². The first-order chi connectivity index (χ1) is 11.1. The van der Waals surface area contributed by atoms with E-state index in [-0.39, 0.29) is 11.7 Å². The van der Waals surface area contributed by atoms with E-state index in [4.69, 9.17) is 4.74 Å². The van der Waals surface area contributed by atoms with Crippen LogP contribution in [0.5, 0.6) is 5.75 Å². The molecule has 0 radical (unpaired) electrons. The fraction of sp³-hybridized carbons (Fsp3) is 0.263. The summed E-state index contributed by atoms with van der Waals surface area (Å²) >= 11 is 0. The summed E-state index contributed by atoms with van der Waals surface area (Å²) in [5.41, 5.74) is 2.79. The number of benzene rings is 2. The van der Waals surface area contributed by atoms with Crippen LogP contribution in [-0.4, -0.2) is 24.3 Å². The molecule has 1 heterocycles. The normalized spacial score (nSPS) is 14.3. The van der Waals surface area contributed by atoms with Crippen LogP contribution in [0.3, 0.4) is 0 Å². The van der Waals surface area contributed by atoms with Crippen LogP contribution < -0.4 is 9.64 Å². The summed E-state index contributed by atoms with van der Waals surface area (Å²) in [5.74, 6) is 0.545. The third kappa shape index (κ3) is 3.11. The van der Waals surface area contributed by atoms with E-state index in [1.54, 1.807) is 36.1 Å². The highest BCUT2D eigenvalue weighted by Gasteiger charge is 2.28. The van der Waals surface area contributed by atoms with Crippen molar-refractivity contribution >= 4 is 17.4 Å². The van der Waals surface area contributed by atoms with E-state index >= 15 is 0 Å². The van der Waals surface area contributed by atoms with Gasteiger partial charge in [-0.3, -0.25) is 9.59 Å². The number of hydrogen-bond acceptors (Lipinski definition) is 3. The van der Waals surface area contributed by atoms with E-state index in [2.05, 4.69) is 6.07 Å². The molecule has 0 aromatic heterocycles. The second-order valence-electron chi connectivity index (χ2n) is 5.71. The van der Waals surface area contributed by atoms with Crippen LogP contribution in [0, 0.1) is 0 Å². The van der Waals surface area contributed by atoms with E-state index in [9.17, 15) is 9.59 Å². The minimum absolute atomic E-state index is 0.00866. The molecule has 0 N–H and O–H groups in total. The Bertz CT molecular complexity index is 737. The van der Waals surface area contributed by atoms with Crippen molar-refractivity contribution in [2.45, 2.75) is 26.4 Å². The summed E-state index contributed by atoms with van der Waals surface area (Å²) in [7, 11) is 0. The van der Waals surface area contributed by atoms with Crippen LogP contribution in [0.25, 0.3) is 0 Å². The lowest BCUT2D eigenvalue weighted by Gasteiger charge is -2.22. The van der Waals surface area contributed by atoms with E-state index in [0.29, 0.717) is 17.9 Å². The molecule has 0 spiro atoms. The lowest BCUT2D eigenvalue weighted by molar-refractivity contribution is -0.124. The Kier molecular flexibility index (Phi) is 4.15. The van der Waals surface area contributed by atoms with Crippen molar-refractivity contribution in [3.63, 3.8) is 0 Å². The van der Waals surface area contributed by atoms with Crippen LogP contribution in [0.2, 0.25) is 0 Å². The Morgan fingerprint density at radius 1 is 1.09 bits per heavy atom. The Balaban J connectivity index is 1.70. The monoisotopic (exact) mass is 309 g/mol. The van der Waals surface area contributed by atoms with Crippen LogP contribution in [-0.2, 0) is 11.2 Å².